The number of piperazine rings is 1. The summed E-state index contributed by atoms with van der Waals surface area (Å²) in [6, 6.07) is 3.56. The maximum absolute atomic E-state index is 13.1. The van der Waals surface area contributed by atoms with Crippen molar-refractivity contribution >= 4 is 27.7 Å². The number of aromatic nitrogens is 4. The largest absolute Gasteiger partial charge is 0.338 e. The van der Waals surface area contributed by atoms with Crippen LogP contribution in [0.5, 0.6) is 0 Å². The third-order valence-electron chi connectivity index (χ3n) is 5.60. The molecule has 2 aromatic heterocycles. The van der Waals surface area contributed by atoms with Gasteiger partial charge in [0.1, 0.15) is 4.60 Å². The number of hydrogen-bond donors (Lipinski definition) is 1. The third kappa shape index (κ3) is 3.43. The van der Waals surface area contributed by atoms with Crippen LogP contribution in [0.1, 0.15) is 53.1 Å². The zero-order valence-electron chi connectivity index (χ0n) is 16.0. The van der Waals surface area contributed by atoms with Crippen molar-refractivity contribution in [1.82, 2.24) is 30.2 Å². The molecule has 0 aromatic carbocycles. The molecule has 1 N–H and O–H groups in total. The van der Waals surface area contributed by atoms with Crippen LogP contribution in [0.25, 0.3) is 0 Å². The Morgan fingerprint density at radius 3 is 2.82 bits per heavy atom. The predicted molar refractivity (Wildman–Crippen MR) is 106 cm³/mol. The summed E-state index contributed by atoms with van der Waals surface area (Å²) in [7, 11) is 0. The first kappa shape index (κ1) is 19.0. The maximum atomic E-state index is 13.1. The van der Waals surface area contributed by atoms with Gasteiger partial charge in [0.2, 0.25) is 5.91 Å². The van der Waals surface area contributed by atoms with Crippen LogP contribution in [-0.4, -0.2) is 67.7 Å². The molecule has 0 radical (unpaired) electrons. The van der Waals surface area contributed by atoms with Crippen molar-refractivity contribution in [1.29, 1.82) is 0 Å². The van der Waals surface area contributed by atoms with Crippen LogP contribution in [-0.2, 0) is 11.2 Å². The highest BCUT2D eigenvalue weighted by atomic mass is 79.9. The van der Waals surface area contributed by atoms with E-state index >= 15 is 0 Å². The molecule has 1 aliphatic carbocycles. The molecule has 1 aliphatic heterocycles. The Morgan fingerprint density at radius 2 is 2.07 bits per heavy atom. The lowest BCUT2D eigenvalue weighted by atomic mass is 9.88. The topological polar surface area (TPSA) is 95.1 Å². The number of pyridine rings is 1. The van der Waals surface area contributed by atoms with Gasteiger partial charge in [0.15, 0.2) is 0 Å². The van der Waals surface area contributed by atoms with Crippen LogP contribution in [0.2, 0.25) is 0 Å². The minimum absolute atomic E-state index is 0.0598. The molecule has 2 amide bonds. The lowest BCUT2D eigenvalue weighted by Gasteiger charge is -2.41. The summed E-state index contributed by atoms with van der Waals surface area (Å²) in [6.45, 7) is 5.41. The van der Waals surface area contributed by atoms with Gasteiger partial charge in [0, 0.05) is 31.4 Å². The molecule has 1 unspecified atom stereocenters. The van der Waals surface area contributed by atoms with E-state index in [9.17, 15) is 9.59 Å². The van der Waals surface area contributed by atoms with Gasteiger partial charge in [0.25, 0.3) is 5.91 Å². The summed E-state index contributed by atoms with van der Waals surface area (Å²) in [6.07, 6.45) is 2.61. The number of H-pyrrole nitrogens is 1. The second-order valence-electron chi connectivity index (χ2n) is 7.52. The van der Waals surface area contributed by atoms with Crippen molar-refractivity contribution in [3.63, 3.8) is 0 Å². The first-order chi connectivity index (χ1) is 13.5. The highest BCUT2D eigenvalue weighted by molar-refractivity contribution is 9.10. The molecule has 3 heterocycles. The monoisotopic (exact) mass is 446 g/mol. The van der Waals surface area contributed by atoms with Gasteiger partial charge in [-0.05, 0) is 61.2 Å². The Balaban J connectivity index is 1.46. The van der Waals surface area contributed by atoms with E-state index in [1.165, 1.54) is 0 Å². The number of halogens is 1. The fourth-order valence-electron chi connectivity index (χ4n) is 4.09. The van der Waals surface area contributed by atoms with Crippen LogP contribution >= 0.6 is 15.9 Å². The van der Waals surface area contributed by atoms with Crippen molar-refractivity contribution in [3.05, 3.63) is 39.4 Å². The second kappa shape index (κ2) is 7.62. The van der Waals surface area contributed by atoms with Crippen molar-refractivity contribution in [2.75, 3.05) is 19.6 Å². The van der Waals surface area contributed by atoms with E-state index in [0.29, 0.717) is 29.8 Å². The molecule has 1 saturated heterocycles. The van der Waals surface area contributed by atoms with E-state index in [4.69, 9.17) is 0 Å². The summed E-state index contributed by atoms with van der Waals surface area (Å²) in [4.78, 5) is 34.1. The van der Waals surface area contributed by atoms with Gasteiger partial charge in [0.05, 0.1) is 22.9 Å². The molecule has 0 bridgehead atoms. The van der Waals surface area contributed by atoms with Crippen LogP contribution in [0.3, 0.4) is 0 Å². The summed E-state index contributed by atoms with van der Waals surface area (Å²) in [5, 5.41) is 11.0. The molecule has 4 rings (SSSR count). The Morgan fingerprint density at radius 1 is 1.25 bits per heavy atom. The molecule has 2 aliphatic rings. The number of rotatable bonds is 2. The molecule has 1 fully saturated rings. The van der Waals surface area contributed by atoms with Gasteiger partial charge < -0.3 is 9.80 Å². The Labute approximate surface area is 171 Å². The lowest BCUT2D eigenvalue weighted by molar-refractivity contribution is -0.135. The highest BCUT2D eigenvalue weighted by Gasteiger charge is 2.37. The number of aromatic amines is 1. The van der Waals surface area contributed by atoms with E-state index in [1.54, 1.807) is 6.07 Å². The Bertz CT molecular complexity index is 914. The average molecular weight is 447 g/mol. The lowest BCUT2D eigenvalue weighted by Crippen LogP contribution is -2.56. The van der Waals surface area contributed by atoms with Crippen molar-refractivity contribution in [3.8, 4) is 0 Å². The zero-order valence-corrected chi connectivity index (χ0v) is 17.6. The second-order valence-corrected chi connectivity index (χ2v) is 8.27. The van der Waals surface area contributed by atoms with Gasteiger partial charge in [-0.15, -0.1) is 0 Å². The van der Waals surface area contributed by atoms with Gasteiger partial charge >= 0.3 is 0 Å². The minimum atomic E-state index is -0.229. The van der Waals surface area contributed by atoms with E-state index in [1.807, 2.05) is 29.7 Å². The van der Waals surface area contributed by atoms with Crippen molar-refractivity contribution in [2.45, 2.75) is 45.1 Å². The predicted octanol–water partition coefficient (Wildman–Crippen LogP) is 2.06. The molecular formula is C19H23BrN6O2. The summed E-state index contributed by atoms with van der Waals surface area (Å²) < 4.78 is 0.559. The van der Waals surface area contributed by atoms with Gasteiger partial charge in [-0.25, -0.2) is 4.98 Å². The van der Waals surface area contributed by atoms with Crippen LogP contribution in [0.4, 0.5) is 0 Å². The van der Waals surface area contributed by atoms with E-state index in [0.717, 1.165) is 36.3 Å². The highest BCUT2D eigenvalue weighted by Crippen LogP contribution is 2.31. The number of hydrogen-bond acceptors (Lipinski definition) is 5. The number of nitrogens with one attached hydrogen (secondary N) is 1. The minimum Gasteiger partial charge on any atom is -0.338 e. The van der Waals surface area contributed by atoms with E-state index < -0.39 is 0 Å². The molecule has 2 atom stereocenters. The zero-order chi connectivity index (χ0) is 19.8. The van der Waals surface area contributed by atoms with Gasteiger partial charge in [-0.2, -0.15) is 15.4 Å². The van der Waals surface area contributed by atoms with Crippen molar-refractivity contribution < 1.29 is 9.59 Å². The maximum Gasteiger partial charge on any atom is 0.256 e. The van der Waals surface area contributed by atoms with Gasteiger partial charge in [-0.1, -0.05) is 0 Å². The summed E-state index contributed by atoms with van der Waals surface area (Å²) in [5.74, 6) is -0.199. The average Bonchev–Trinajstić information content (AvgIpc) is 3.15. The Hall–Kier alpha value is -2.29. The Kier molecular flexibility index (Phi) is 5.18. The third-order valence-corrected chi connectivity index (χ3v) is 6.21. The molecule has 2 aromatic rings. The van der Waals surface area contributed by atoms with E-state index in [-0.39, 0.29) is 23.8 Å². The standard InChI is InChI=1S/C19H23BrN6O2/c1-11-6-7-14(17(20)21-11)19(28)26-9-8-25(10-12(26)2)18(27)13-4-3-5-15-16(13)23-24-22-15/h6-7,12-13H,3-5,8-10H2,1-2H3,(H,22,23,24)/t12-,13?/m0/s1. The number of nitrogens with zero attached hydrogens (tertiary/aromatic N) is 5. The molecule has 9 heteroatoms. The van der Waals surface area contributed by atoms with E-state index in [2.05, 4.69) is 36.3 Å². The molecule has 0 saturated carbocycles. The quantitative estimate of drug-likeness (QED) is 0.712. The molecule has 148 valence electrons. The fourth-order valence-corrected chi connectivity index (χ4v) is 4.68. The molecule has 8 nitrogen and oxygen atoms in total. The number of carbonyl (C=O) groups is 2. The van der Waals surface area contributed by atoms with Gasteiger partial charge in [-0.3, -0.25) is 9.59 Å². The molecular weight excluding hydrogens is 424 g/mol. The normalized spacial score (nSPS) is 22.1. The summed E-state index contributed by atoms with van der Waals surface area (Å²) >= 11 is 3.39. The van der Waals surface area contributed by atoms with Crippen LogP contribution in [0.15, 0.2) is 16.7 Å². The smallest absolute Gasteiger partial charge is 0.256 e. The number of aryl methyl sites for hydroxylation is 2. The number of carbonyl (C=O) groups excluding carboxylic acids is 2. The summed E-state index contributed by atoms with van der Waals surface area (Å²) in [5.41, 5.74) is 3.10. The fraction of sp³-hybridized carbons (Fsp3) is 0.526. The molecule has 28 heavy (non-hydrogen) atoms. The number of fused-ring (bicyclic) bond motifs is 1. The number of amides is 2. The first-order valence-electron chi connectivity index (χ1n) is 9.58. The SMILES string of the molecule is Cc1ccc(C(=O)N2CCN(C(=O)C3CCCc4n[nH]nc43)C[C@@H]2C)c(Br)n1. The van der Waals surface area contributed by atoms with Crippen molar-refractivity contribution in [2.24, 2.45) is 0 Å². The first-order valence-corrected chi connectivity index (χ1v) is 10.4. The van der Waals surface area contributed by atoms with Crippen LogP contribution < -0.4 is 0 Å². The molecule has 0 spiro atoms. The van der Waals surface area contributed by atoms with Crippen LogP contribution in [0, 0.1) is 6.92 Å².